The van der Waals surface area contributed by atoms with Crippen LogP contribution in [0.15, 0.2) is 36.7 Å². The number of unbranched alkanes of at least 4 members (excludes halogenated alkanes) is 1. The first-order chi connectivity index (χ1) is 12.8. The maximum absolute atomic E-state index is 5.71. The minimum absolute atomic E-state index is 0.532. The van der Waals surface area contributed by atoms with Crippen molar-refractivity contribution in [2.24, 2.45) is 11.8 Å². The molecule has 0 bridgehead atoms. The quantitative estimate of drug-likeness (QED) is 0.375. The van der Waals surface area contributed by atoms with Gasteiger partial charge in [0.05, 0.1) is 0 Å². The second-order valence-corrected chi connectivity index (χ2v) is 8.49. The molecule has 0 aromatic carbocycles. The number of hydrogen-bond donors (Lipinski definition) is 0. The Morgan fingerprint density at radius 3 is 2.23 bits per heavy atom. The maximum Gasteiger partial charge on any atom is 0.131 e. The SMILES string of the molecule is C=CCCCC1CCC(c2cnc(C3CCC(/C=C/Cl)CC3)nc2)CC1. The molecular formula is C23H33ClN2. The van der Waals surface area contributed by atoms with Gasteiger partial charge in [-0.25, -0.2) is 9.97 Å². The van der Waals surface area contributed by atoms with Crippen LogP contribution in [0.25, 0.3) is 0 Å². The Morgan fingerprint density at radius 1 is 0.962 bits per heavy atom. The topological polar surface area (TPSA) is 25.8 Å². The van der Waals surface area contributed by atoms with E-state index in [9.17, 15) is 0 Å². The third-order valence-electron chi connectivity index (χ3n) is 6.51. The molecule has 0 N–H and O–H groups in total. The Labute approximate surface area is 164 Å². The summed E-state index contributed by atoms with van der Waals surface area (Å²) in [5.41, 5.74) is 3.03. The largest absolute Gasteiger partial charge is 0.241 e. The molecule has 0 atom stereocenters. The lowest BCUT2D eigenvalue weighted by Gasteiger charge is -2.29. The van der Waals surface area contributed by atoms with E-state index in [4.69, 9.17) is 21.6 Å². The molecule has 26 heavy (non-hydrogen) atoms. The van der Waals surface area contributed by atoms with Gasteiger partial charge in [-0.15, -0.1) is 6.58 Å². The third-order valence-corrected chi connectivity index (χ3v) is 6.66. The Morgan fingerprint density at radius 2 is 1.62 bits per heavy atom. The molecule has 0 saturated heterocycles. The summed E-state index contributed by atoms with van der Waals surface area (Å²) >= 11 is 5.71. The zero-order valence-electron chi connectivity index (χ0n) is 16.0. The van der Waals surface area contributed by atoms with Gasteiger partial charge in [-0.3, -0.25) is 0 Å². The molecule has 0 spiro atoms. The number of nitrogens with zero attached hydrogens (tertiary/aromatic N) is 2. The van der Waals surface area contributed by atoms with Crippen LogP contribution in [-0.4, -0.2) is 9.97 Å². The molecule has 2 saturated carbocycles. The molecule has 2 nitrogen and oxygen atoms in total. The van der Waals surface area contributed by atoms with Crippen molar-refractivity contribution < 1.29 is 0 Å². The van der Waals surface area contributed by atoms with Crippen LogP contribution in [0, 0.1) is 11.8 Å². The first kappa shape index (κ1) is 19.6. The van der Waals surface area contributed by atoms with Gasteiger partial charge >= 0.3 is 0 Å². The van der Waals surface area contributed by atoms with Crippen LogP contribution >= 0.6 is 11.6 Å². The average molecular weight is 373 g/mol. The van der Waals surface area contributed by atoms with E-state index in [-0.39, 0.29) is 0 Å². The molecule has 2 aliphatic carbocycles. The van der Waals surface area contributed by atoms with Crippen LogP contribution < -0.4 is 0 Å². The van der Waals surface area contributed by atoms with Gasteiger partial charge in [0.1, 0.15) is 5.82 Å². The van der Waals surface area contributed by atoms with Gasteiger partial charge in [-0.1, -0.05) is 30.2 Å². The van der Waals surface area contributed by atoms with Crippen LogP contribution in [0.4, 0.5) is 0 Å². The predicted octanol–water partition coefficient (Wildman–Crippen LogP) is 7.13. The van der Waals surface area contributed by atoms with Gasteiger partial charge < -0.3 is 0 Å². The lowest BCUT2D eigenvalue weighted by atomic mass is 9.77. The number of halogens is 1. The number of hydrogen-bond acceptors (Lipinski definition) is 2. The smallest absolute Gasteiger partial charge is 0.131 e. The second kappa shape index (κ2) is 10.3. The number of allylic oxidation sites excluding steroid dienone is 2. The molecule has 1 aromatic rings. The van der Waals surface area contributed by atoms with Crippen molar-refractivity contribution >= 4 is 11.6 Å². The first-order valence-electron chi connectivity index (χ1n) is 10.5. The first-order valence-corrected chi connectivity index (χ1v) is 10.9. The van der Waals surface area contributed by atoms with E-state index in [1.54, 1.807) is 5.54 Å². The van der Waals surface area contributed by atoms with Crippen molar-refractivity contribution in [1.82, 2.24) is 9.97 Å². The molecule has 3 rings (SSSR count). The van der Waals surface area contributed by atoms with Crippen molar-refractivity contribution in [3.8, 4) is 0 Å². The van der Waals surface area contributed by atoms with Crippen LogP contribution in [0.3, 0.4) is 0 Å². The number of rotatable bonds is 7. The summed E-state index contributed by atoms with van der Waals surface area (Å²) in [5, 5.41) is 0. The fourth-order valence-electron chi connectivity index (χ4n) is 4.78. The van der Waals surface area contributed by atoms with Crippen LogP contribution in [0.5, 0.6) is 0 Å². The molecule has 0 aliphatic heterocycles. The lowest BCUT2D eigenvalue weighted by molar-refractivity contribution is 0.305. The highest BCUT2D eigenvalue weighted by atomic mass is 35.5. The summed E-state index contributed by atoms with van der Waals surface area (Å²) in [6.45, 7) is 3.83. The van der Waals surface area contributed by atoms with E-state index in [1.807, 2.05) is 6.08 Å². The fourth-order valence-corrected chi connectivity index (χ4v) is 4.98. The molecule has 1 heterocycles. The van der Waals surface area contributed by atoms with Gasteiger partial charge in [0.15, 0.2) is 0 Å². The van der Waals surface area contributed by atoms with E-state index < -0.39 is 0 Å². The van der Waals surface area contributed by atoms with Gasteiger partial charge in [-0.05, 0) is 87.5 Å². The summed E-state index contributed by atoms with van der Waals surface area (Å²) in [4.78, 5) is 9.52. The molecule has 2 fully saturated rings. The summed E-state index contributed by atoms with van der Waals surface area (Å²) in [7, 11) is 0. The van der Waals surface area contributed by atoms with E-state index in [0.29, 0.717) is 17.8 Å². The lowest BCUT2D eigenvalue weighted by Crippen LogP contribution is -2.16. The standard InChI is InChI=1S/C23H33ClN2/c1-2-3-4-5-18-6-10-20(11-7-18)22-16-25-23(26-17-22)21-12-8-19(9-13-21)14-15-24/h2,14-21H,1,3-13H2/b15-14+. The van der Waals surface area contributed by atoms with Crippen molar-refractivity contribution in [2.45, 2.75) is 82.5 Å². The maximum atomic E-state index is 5.71. The van der Waals surface area contributed by atoms with E-state index in [2.05, 4.69) is 25.0 Å². The van der Waals surface area contributed by atoms with Crippen LogP contribution in [-0.2, 0) is 0 Å². The minimum Gasteiger partial charge on any atom is -0.241 e. The van der Waals surface area contributed by atoms with Crippen molar-refractivity contribution in [3.63, 3.8) is 0 Å². The van der Waals surface area contributed by atoms with E-state index in [0.717, 1.165) is 11.7 Å². The van der Waals surface area contributed by atoms with E-state index >= 15 is 0 Å². The second-order valence-electron chi connectivity index (χ2n) is 8.24. The van der Waals surface area contributed by atoms with Crippen LogP contribution in [0.2, 0.25) is 0 Å². The molecular weight excluding hydrogens is 340 g/mol. The van der Waals surface area contributed by atoms with Crippen molar-refractivity contribution in [2.75, 3.05) is 0 Å². The Hall–Kier alpha value is -1.15. The molecule has 0 amide bonds. The zero-order valence-corrected chi connectivity index (χ0v) is 16.7. The molecule has 3 heteroatoms. The number of aromatic nitrogens is 2. The van der Waals surface area contributed by atoms with Crippen molar-refractivity contribution in [3.05, 3.63) is 48.0 Å². The minimum atomic E-state index is 0.532. The Kier molecular flexibility index (Phi) is 7.73. The summed E-state index contributed by atoms with van der Waals surface area (Å²) in [6.07, 6.45) is 22.4. The molecule has 2 aliphatic rings. The highest BCUT2D eigenvalue weighted by Gasteiger charge is 2.25. The van der Waals surface area contributed by atoms with Gasteiger partial charge in [0.25, 0.3) is 0 Å². The molecule has 0 unspecified atom stereocenters. The molecule has 1 aromatic heterocycles. The Bertz CT molecular complexity index is 564. The highest BCUT2D eigenvalue weighted by Crippen LogP contribution is 2.38. The summed E-state index contributed by atoms with van der Waals surface area (Å²) in [6, 6.07) is 0. The Balaban J connectivity index is 1.47. The fraction of sp³-hybridized carbons (Fsp3) is 0.652. The normalized spacial score (nSPS) is 29.7. The van der Waals surface area contributed by atoms with Crippen molar-refractivity contribution in [1.29, 1.82) is 0 Å². The van der Waals surface area contributed by atoms with Gasteiger partial charge in [-0.2, -0.15) is 0 Å². The molecule has 0 radical (unpaired) electrons. The third kappa shape index (κ3) is 5.42. The van der Waals surface area contributed by atoms with Gasteiger partial charge in [0.2, 0.25) is 0 Å². The van der Waals surface area contributed by atoms with E-state index in [1.165, 1.54) is 76.2 Å². The zero-order chi connectivity index (χ0) is 18.2. The van der Waals surface area contributed by atoms with Gasteiger partial charge in [0, 0.05) is 23.8 Å². The molecule has 142 valence electrons. The highest BCUT2D eigenvalue weighted by molar-refractivity contribution is 6.25. The summed E-state index contributed by atoms with van der Waals surface area (Å²) in [5.74, 6) is 3.82. The van der Waals surface area contributed by atoms with Crippen LogP contribution in [0.1, 0.15) is 93.9 Å². The average Bonchev–Trinajstić information content (AvgIpc) is 2.70. The predicted molar refractivity (Wildman–Crippen MR) is 110 cm³/mol. The summed E-state index contributed by atoms with van der Waals surface area (Å²) < 4.78 is 0. The monoisotopic (exact) mass is 372 g/mol.